The van der Waals surface area contributed by atoms with E-state index in [1.807, 2.05) is 6.92 Å². The van der Waals surface area contributed by atoms with Crippen molar-refractivity contribution in [2.45, 2.75) is 39.1 Å². The van der Waals surface area contributed by atoms with Crippen LogP contribution in [0.2, 0.25) is 0 Å². The van der Waals surface area contributed by atoms with E-state index in [2.05, 4.69) is 5.10 Å². The Kier molecular flexibility index (Phi) is 5.95. The summed E-state index contributed by atoms with van der Waals surface area (Å²) >= 11 is 0. The molecule has 1 aromatic carbocycles. The maximum atomic E-state index is 12.9. The molecule has 1 aromatic heterocycles. The Morgan fingerprint density at radius 3 is 2.60 bits per heavy atom. The van der Waals surface area contributed by atoms with Gasteiger partial charge in [-0.05, 0) is 18.6 Å². The molecule has 0 unspecified atom stereocenters. The number of alkyl halides is 3. The zero-order valence-electron chi connectivity index (χ0n) is 13.5. The number of unbranched alkanes of at least 4 members (excludes halogenated alkanes) is 1. The number of hydrogen-bond acceptors (Lipinski definition) is 4. The standard InChI is InChI=1S/C17H17F3N2O3/c1-2-3-10-22-15(23)9-8-14(21-22)16(24)25-11-12-6-4-5-7-13(12)17(18,19)20/h4-9H,2-3,10-11H2,1H3. The van der Waals surface area contributed by atoms with Gasteiger partial charge in [-0.2, -0.15) is 18.3 Å². The fourth-order valence-corrected chi connectivity index (χ4v) is 2.17. The number of hydrogen-bond donors (Lipinski definition) is 0. The summed E-state index contributed by atoms with van der Waals surface area (Å²) in [5.41, 5.74) is -1.49. The van der Waals surface area contributed by atoms with E-state index in [1.165, 1.54) is 30.3 Å². The molecule has 0 saturated carbocycles. The smallest absolute Gasteiger partial charge is 0.416 e. The van der Waals surface area contributed by atoms with Crippen molar-refractivity contribution in [3.63, 3.8) is 0 Å². The minimum atomic E-state index is -4.53. The molecule has 25 heavy (non-hydrogen) atoms. The maximum absolute atomic E-state index is 12.9. The highest BCUT2D eigenvalue weighted by Crippen LogP contribution is 2.32. The second kappa shape index (κ2) is 7.96. The average Bonchev–Trinajstić information content (AvgIpc) is 2.58. The van der Waals surface area contributed by atoms with Crippen LogP contribution < -0.4 is 5.56 Å². The van der Waals surface area contributed by atoms with E-state index in [1.54, 1.807) is 0 Å². The largest absolute Gasteiger partial charge is 0.456 e. The monoisotopic (exact) mass is 354 g/mol. The summed E-state index contributed by atoms with van der Waals surface area (Å²) in [5.74, 6) is -0.887. The number of nitrogens with zero attached hydrogens (tertiary/aromatic N) is 2. The molecule has 2 rings (SSSR count). The molecular formula is C17H17F3N2O3. The Morgan fingerprint density at radius 1 is 1.20 bits per heavy atom. The van der Waals surface area contributed by atoms with Crippen LogP contribution in [0.15, 0.2) is 41.2 Å². The highest BCUT2D eigenvalue weighted by atomic mass is 19.4. The zero-order valence-corrected chi connectivity index (χ0v) is 13.5. The van der Waals surface area contributed by atoms with Gasteiger partial charge in [-0.1, -0.05) is 31.5 Å². The molecule has 134 valence electrons. The molecule has 5 nitrogen and oxygen atoms in total. The summed E-state index contributed by atoms with van der Waals surface area (Å²) in [6.07, 6.45) is -2.98. The third kappa shape index (κ3) is 4.91. The minimum absolute atomic E-state index is 0.125. The molecule has 0 aliphatic heterocycles. The molecule has 0 spiro atoms. The molecule has 0 N–H and O–H groups in total. The van der Waals surface area contributed by atoms with E-state index in [-0.39, 0.29) is 16.8 Å². The fourth-order valence-electron chi connectivity index (χ4n) is 2.17. The van der Waals surface area contributed by atoms with Gasteiger partial charge < -0.3 is 4.74 Å². The van der Waals surface area contributed by atoms with Crippen LogP contribution in [-0.2, 0) is 24.1 Å². The van der Waals surface area contributed by atoms with Gasteiger partial charge in [-0.25, -0.2) is 9.48 Å². The number of aromatic nitrogens is 2. The Morgan fingerprint density at radius 2 is 1.92 bits per heavy atom. The Balaban J connectivity index is 2.13. The highest BCUT2D eigenvalue weighted by Gasteiger charge is 2.33. The predicted octanol–water partition coefficient (Wildman–Crippen LogP) is 3.42. The second-order valence-corrected chi connectivity index (χ2v) is 5.36. The number of carbonyl (C=O) groups is 1. The Hall–Kier alpha value is -2.64. The lowest BCUT2D eigenvalue weighted by Crippen LogP contribution is -2.25. The van der Waals surface area contributed by atoms with Crippen molar-refractivity contribution in [2.75, 3.05) is 0 Å². The summed E-state index contributed by atoms with van der Waals surface area (Å²) in [7, 11) is 0. The fraction of sp³-hybridized carbons (Fsp3) is 0.353. The molecule has 0 radical (unpaired) electrons. The molecule has 0 amide bonds. The van der Waals surface area contributed by atoms with E-state index >= 15 is 0 Å². The van der Waals surface area contributed by atoms with Crippen LogP contribution in [0.4, 0.5) is 13.2 Å². The van der Waals surface area contributed by atoms with Gasteiger partial charge in [-0.15, -0.1) is 0 Å². The molecule has 8 heteroatoms. The van der Waals surface area contributed by atoms with E-state index in [9.17, 15) is 22.8 Å². The SMILES string of the molecule is CCCCn1nc(C(=O)OCc2ccccc2C(F)(F)F)ccc1=O. The third-order valence-corrected chi connectivity index (χ3v) is 3.48. The molecule has 0 aliphatic carbocycles. The number of halogens is 3. The minimum Gasteiger partial charge on any atom is -0.456 e. The van der Waals surface area contributed by atoms with E-state index in [4.69, 9.17) is 4.74 Å². The Bertz CT molecular complexity index is 800. The van der Waals surface area contributed by atoms with Crippen molar-refractivity contribution in [3.8, 4) is 0 Å². The molecule has 2 aromatic rings. The van der Waals surface area contributed by atoms with Gasteiger partial charge in [0.25, 0.3) is 5.56 Å². The lowest BCUT2D eigenvalue weighted by Gasteiger charge is -2.13. The topological polar surface area (TPSA) is 61.2 Å². The van der Waals surface area contributed by atoms with Crippen molar-refractivity contribution in [2.24, 2.45) is 0 Å². The number of carbonyl (C=O) groups excluding carboxylic acids is 1. The first-order chi connectivity index (χ1) is 11.8. The van der Waals surface area contributed by atoms with Crippen molar-refractivity contribution in [1.29, 1.82) is 0 Å². The normalized spacial score (nSPS) is 11.4. The van der Waals surface area contributed by atoms with Crippen molar-refractivity contribution in [3.05, 3.63) is 63.6 Å². The molecule has 0 fully saturated rings. The van der Waals surface area contributed by atoms with Gasteiger partial charge >= 0.3 is 12.1 Å². The lowest BCUT2D eigenvalue weighted by molar-refractivity contribution is -0.138. The first kappa shape index (κ1) is 18.7. The molecule has 0 aliphatic rings. The summed E-state index contributed by atoms with van der Waals surface area (Å²) < 4.78 is 44.8. The van der Waals surface area contributed by atoms with Crippen molar-refractivity contribution >= 4 is 5.97 Å². The lowest BCUT2D eigenvalue weighted by atomic mass is 10.1. The van der Waals surface area contributed by atoms with Gasteiger partial charge in [0.05, 0.1) is 5.56 Å². The number of esters is 1. The van der Waals surface area contributed by atoms with Crippen LogP contribution in [0.3, 0.4) is 0 Å². The van der Waals surface area contributed by atoms with E-state index in [0.29, 0.717) is 13.0 Å². The van der Waals surface area contributed by atoms with Gasteiger partial charge in [0, 0.05) is 18.2 Å². The molecule has 0 bridgehead atoms. The van der Waals surface area contributed by atoms with Crippen molar-refractivity contribution < 1.29 is 22.7 Å². The van der Waals surface area contributed by atoms with Crippen LogP contribution in [-0.4, -0.2) is 15.7 Å². The first-order valence-corrected chi connectivity index (χ1v) is 7.73. The number of benzene rings is 1. The molecule has 0 saturated heterocycles. The maximum Gasteiger partial charge on any atom is 0.416 e. The van der Waals surface area contributed by atoms with Crippen molar-refractivity contribution in [1.82, 2.24) is 9.78 Å². The van der Waals surface area contributed by atoms with E-state index < -0.39 is 24.3 Å². The second-order valence-electron chi connectivity index (χ2n) is 5.36. The van der Waals surface area contributed by atoms with Crippen LogP contribution in [0.1, 0.15) is 41.4 Å². The average molecular weight is 354 g/mol. The molecular weight excluding hydrogens is 337 g/mol. The number of ether oxygens (including phenoxy) is 1. The summed E-state index contributed by atoms with van der Waals surface area (Å²) in [4.78, 5) is 23.7. The Labute approximate surface area is 142 Å². The first-order valence-electron chi connectivity index (χ1n) is 7.73. The number of rotatable bonds is 6. The van der Waals surface area contributed by atoms with Gasteiger partial charge in [0.1, 0.15) is 6.61 Å². The summed E-state index contributed by atoms with van der Waals surface area (Å²) in [6.45, 7) is 1.76. The molecule has 1 heterocycles. The zero-order chi connectivity index (χ0) is 18.4. The van der Waals surface area contributed by atoms with Crippen LogP contribution in [0, 0.1) is 0 Å². The summed E-state index contributed by atoms with van der Waals surface area (Å²) in [5, 5.41) is 3.90. The van der Waals surface area contributed by atoms with Crippen LogP contribution in [0.5, 0.6) is 0 Å². The van der Waals surface area contributed by atoms with Gasteiger partial charge in [0.2, 0.25) is 0 Å². The quantitative estimate of drug-likeness (QED) is 0.746. The van der Waals surface area contributed by atoms with E-state index in [0.717, 1.165) is 17.2 Å². The summed E-state index contributed by atoms with van der Waals surface area (Å²) in [6, 6.07) is 7.24. The predicted molar refractivity (Wildman–Crippen MR) is 84.0 cm³/mol. The van der Waals surface area contributed by atoms with Gasteiger partial charge in [0.15, 0.2) is 5.69 Å². The van der Waals surface area contributed by atoms with Crippen LogP contribution >= 0.6 is 0 Å². The van der Waals surface area contributed by atoms with Crippen LogP contribution in [0.25, 0.3) is 0 Å². The number of aryl methyl sites for hydroxylation is 1. The highest BCUT2D eigenvalue weighted by molar-refractivity contribution is 5.86. The van der Waals surface area contributed by atoms with Gasteiger partial charge in [-0.3, -0.25) is 4.79 Å². The molecule has 0 atom stereocenters. The third-order valence-electron chi connectivity index (χ3n) is 3.48.